The predicted octanol–water partition coefficient (Wildman–Crippen LogP) is 2.56. The molecule has 0 fully saturated rings. The summed E-state index contributed by atoms with van der Waals surface area (Å²) >= 11 is 0. The molecule has 0 amide bonds. The summed E-state index contributed by atoms with van der Waals surface area (Å²) in [4.78, 5) is 0. The van der Waals surface area contributed by atoms with Crippen molar-refractivity contribution in [3.63, 3.8) is 0 Å². The molecule has 0 aromatic heterocycles. The number of alkyl halides is 3. The van der Waals surface area contributed by atoms with Gasteiger partial charge in [-0.05, 0) is 19.2 Å². The summed E-state index contributed by atoms with van der Waals surface area (Å²) < 4.78 is 50.1. The Morgan fingerprint density at radius 2 is 1.93 bits per heavy atom. The van der Waals surface area contributed by atoms with Crippen LogP contribution < -0.4 is 5.32 Å². The standard InChI is InChI=1S/C9H9F4N/c1-14-5-6-7(9(11,12)13)3-2-4-8(6)10/h2-4,14H,5H2,1H3. The van der Waals surface area contributed by atoms with Crippen molar-refractivity contribution in [2.75, 3.05) is 7.05 Å². The highest BCUT2D eigenvalue weighted by Crippen LogP contribution is 2.32. The molecule has 1 aromatic carbocycles. The lowest BCUT2D eigenvalue weighted by molar-refractivity contribution is -0.138. The normalized spacial score (nSPS) is 11.8. The van der Waals surface area contributed by atoms with Crippen LogP contribution in [0.1, 0.15) is 11.1 Å². The van der Waals surface area contributed by atoms with E-state index in [1.165, 1.54) is 7.05 Å². The molecule has 0 atom stereocenters. The zero-order valence-corrected chi connectivity index (χ0v) is 7.45. The van der Waals surface area contributed by atoms with Crippen LogP contribution in [0.15, 0.2) is 18.2 Å². The van der Waals surface area contributed by atoms with Gasteiger partial charge in [0, 0.05) is 12.1 Å². The third kappa shape index (κ3) is 2.23. The van der Waals surface area contributed by atoms with E-state index in [2.05, 4.69) is 5.32 Å². The first kappa shape index (κ1) is 11.0. The lowest BCUT2D eigenvalue weighted by Gasteiger charge is -2.12. The second kappa shape index (κ2) is 3.96. The smallest absolute Gasteiger partial charge is 0.316 e. The van der Waals surface area contributed by atoms with Crippen molar-refractivity contribution >= 4 is 0 Å². The lowest BCUT2D eigenvalue weighted by Crippen LogP contribution is -2.15. The molecule has 1 aromatic rings. The number of benzene rings is 1. The number of hydrogen-bond acceptors (Lipinski definition) is 1. The van der Waals surface area contributed by atoms with E-state index in [-0.39, 0.29) is 12.1 Å². The van der Waals surface area contributed by atoms with Gasteiger partial charge >= 0.3 is 6.18 Å². The van der Waals surface area contributed by atoms with Crippen molar-refractivity contribution in [3.8, 4) is 0 Å². The molecule has 1 rings (SSSR count). The van der Waals surface area contributed by atoms with Gasteiger partial charge in [0.15, 0.2) is 0 Å². The van der Waals surface area contributed by atoms with E-state index in [1.807, 2.05) is 0 Å². The van der Waals surface area contributed by atoms with E-state index in [9.17, 15) is 17.6 Å². The van der Waals surface area contributed by atoms with E-state index in [0.717, 1.165) is 18.2 Å². The first-order chi connectivity index (χ1) is 6.46. The van der Waals surface area contributed by atoms with Crippen LogP contribution in [0.2, 0.25) is 0 Å². The van der Waals surface area contributed by atoms with Crippen molar-refractivity contribution in [1.29, 1.82) is 0 Å². The van der Waals surface area contributed by atoms with E-state index >= 15 is 0 Å². The second-order valence-electron chi connectivity index (χ2n) is 2.79. The van der Waals surface area contributed by atoms with Gasteiger partial charge in [0.1, 0.15) is 5.82 Å². The molecule has 0 bridgehead atoms. The number of halogens is 4. The Labute approximate surface area is 78.7 Å². The summed E-state index contributed by atoms with van der Waals surface area (Å²) in [6, 6.07) is 2.94. The molecule has 0 unspecified atom stereocenters. The van der Waals surface area contributed by atoms with Gasteiger partial charge in [-0.1, -0.05) is 6.07 Å². The first-order valence-electron chi connectivity index (χ1n) is 3.96. The van der Waals surface area contributed by atoms with E-state index < -0.39 is 17.6 Å². The minimum Gasteiger partial charge on any atom is -0.316 e. The first-order valence-corrected chi connectivity index (χ1v) is 3.96. The van der Waals surface area contributed by atoms with Crippen LogP contribution in [0.3, 0.4) is 0 Å². The monoisotopic (exact) mass is 207 g/mol. The average molecular weight is 207 g/mol. The number of nitrogens with one attached hydrogen (secondary N) is 1. The molecule has 0 aliphatic rings. The molecule has 0 aliphatic carbocycles. The van der Waals surface area contributed by atoms with Crippen molar-refractivity contribution in [2.24, 2.45) is 0 Å². The number of rotatable bonds is 2. The molecule has 0 radical (unpaired) electrons. The minimum atomic E-state index is -4.51. The molecule has 14 heavy (non-hydrogen) atoms. The van der Waals surface area contributed by atoms with Crippen LogP contribution in [0.4, 0.5) is 17.6 Å². The third-order valence-corrected chi connectivity index (χ3v) is 1.78. The number of hydrogen-bond donors (Lipinski definition) is 1. The fourth-order valence-electron chi connectivity index (χ4n) is 1.18. The van der Waals surface area contributed by atoms with Gasteiger partial charge in [0.05, 0.1) is 5.56 Å². The molecule has 0 spiro atoms. The van der Waals surface area contributed by atoms with Gasteiger partial charge < -0.3 is 5.32 Å². The second-order valence-corrected chi connectivity index (χ2v) is 2.79. The van der Waals surface area contributed by atoms with Gasteiger partial charge in [-0.2, -0.15) is 13.2 Å². The molecular weight excluding hydrogens is 198 g/mol. The maximum Gasteiger partial charge on any atom is 0.416 e. The SMILES string of the molecule is CNCc1c(F)cccc1C(F)(F)F. The van der Waals surface area contributed by atoms with Crippen LogP contribution >= 0.6 is 0 Å². The van der Waals surface area contributed by atoms with Gasteiger partial charge in [0.25, 0.3) is 0 Å². The van der Waals surface area contributed by atoms with Crippen LogP contribution in [-0.2, 0) is 12.7 Å². The lowest BCUT2D eigenvalue weighted by atomic mass is 10.1. The zero-order chi connectivity index (χ0) is 10.8. The Hall–Kier alpha value is -1.10. The summed E-state index contributed by atoms with van der Waals surface area (Å²) in [6.45, 7) is -0.137. The highest BCUT2D eigenvalue weighted by molar-refractivity contribution is 5.30. The minimum absolute atomic E-state index is 0.137. The van der Waals surface area contributed by atoms with Crippen LogP contribution in [-0.4, -0.2) is 7.05 Å². The Morgan fingerprint density at radius 1 is 1.29 bits per heavy atom. The van der Waals surface area contributed by atoms with Crippen LogP contribution in [0, 0.1) is 5.82 Å². The van der Waals surface area contributed by atoms with Crippen LogP contribution in [0.25, 0.3) is 0 Å². The Balaban J connectivity index is 3.21. The van der Waals surface area contributed by atoms with Crippen molar-refractivity contribution in [3.05, 3.63) is 35.1 Å². The molecule has 0 heterocycles. The average Bonchev–Trinajstić information content (AvgIpc) is 2.07. The highest BCUT2D eigenvalue weighted by atomic mass is 19.4. The maximum atomic E-state index is 13.0. The van der Waals surface area contributed by atoms with Gasteiger partial charge in [-0.25, -0.2) is 4.39 Å². The third-order valence-electron chi connectivity index (χ3n) is 1.78. The van der Waals surface area contributed by atoms with E-state index in [0.29, 0.717) is 0 Å². The summed E-state index contributed by atoms with van der Waals surface area (Å²) in [5, 5.41) is 2.50. The molecule has 1 nitrogen and oxygen atoms in total. The fraction of sp³-hybridized carbons (Fsp3) is 0.333. The summed E-state index contributed by atoms with van der Waals surface area (Å²) in [5.41, 5.74) is -1.27. The van der Waals surface area contributed by atoms with E-state index in [1.54, 1.807) is 0 Å². The van der Waals surface area contributed by atoms with Crippen molar-refractivity contribution in [2.45, 2.75) is 12.7 Å². The largest absolute Gasteiger partial charge is 0.416 e. The predicted molar refractivity (Wildman–Crippen MR) is 44.2 cm³/mol. The summed E-state index contributed by atoms with van der Waals surface area (Å²) in [7, 11) is 1.46. The summed E-state index contributed by atoms with van der Waals surface area (Å²) in [5.74, 6) is -0.839. The Kier molecular flexibility index (Phi) is 3.10. The fourth-order valence-corrected chi connectivity index (χ4v) is 1.18. The zero-order valence-electron chi connectivity index (χ0n) is 7.45. The molecule has 1 N–H and O–H groups in total. The van der Waals surface area contributed by atoms with Gasteiger partial charge in [0.2, 0.25) is 0 Å². The Bertz CT molecular complexity index is 319. The maximum absolute atomic E-state index is 13.0. The van der Waals surface area contributed by atoms with Crippen molar-refractivity contribution < 1.29 is 17.6 Å². The topological polar surface area (TPSA) is 12.0 Å². The quantitative estimate of drug-likeness (QED) is 0.735. The summed E-state index contributed by atoms with van der Waals surface area (Å²) in [6.07, 6.45) is -4.51. The molecular formula is C9H9F4N. The molecule has 0 saturated carbocycles. The van der Waals surface area contributed by atoms with E-state index in [4.69, 9.17) is 0 Å². The van der Waals surface area contributed by atoms with Gasteiger partial charge in [-0.3, -0.25) is 0 Å². The molecule has 0 saturated heterocycles. The molecule has 0 aliphatic heterocycles. The van der Waals surface area contributed by atoms with Gasteiger partial charge in [-0.15, -0.1) is 0 Å². The molecule has 5 heteroatoms. The molecule has 78 valence electrons. The highest BCUT2D eigenvalue weighted by Gasteiger charge is 2.33. The van der Waals surface area contributed by atoms with Crippen molar-refractivity contribution in [1.82, 2.24) is 5.32 Å². The Morgan fingerprint density at radius 3 is 2.43 bits per heavy atom. The van der Waals surface area contributed by atoms with Crippen LogP contribution in [0.5, 0.6) is 0 Å².